The number of halogens is 3. The number of hydrogen-bond acceptors (Lipinski definition) is 6. The maximum Gasteiger partial charge on any atom is 0.420 e. The highest BCUT2D eigenvalue weighted by Gasteiger charge is 2.39. The molecule has 1 aliphatic rings. The van der Waals surface area contributed by atoms with Crippen LogP contribution in [0, 0.1) is 5.92 Å². The SMILES string of the molecule is COC(=O)Cc1cc(C(F)(F)F)c(N2CCC(C(C)O)C2)nn1. The van der Waals surface area contributed by atoms with E-state index < -0.39 is 23.8 Å². The van der Waals surface area contributed by atoms with E-state index in [0.717, 1.165) is 13.2 Å². The van der Waals surface area contributed by atoms with E-state index in [1.165, 1.54) is 4.90 Å². The van der Waals surface area contributed by atoms with E-state index in [4.69, 9.17) is 0 Å². The first-order chi connectivity index (χ1) is 10.7. The molecule has 1 aliphatic heterocycles. The molecule has 1 saturated heterocycles. The van der Waals surface area contributed by atoms with Gasteiger partial charge in [-0.3, -0.25) is 4.79 Å². The number of alkyl halides is 3. The van der Waals surface area contributed by atoms with E-state index in [0.29, 0.717) is 13.0 Å². The monoisotopic (exact) mass is 333 g/mol. The molecule has 6 nitrogen and oxygen atoms in total. The molecule has 2 heterocycles. The third-order valence-corrected chi connectivity index (χ3v) is 3.89. The van der Waals surface area contributed by atoms with Gasteiger partial charge >= 0.3 is 12.1 Å². The van der Waals surface area contributed by atoms with Crippen LogP contribution in [0.25, 0.3) is 0 Å². The fourth-order valence-electron chi connectivity index (χ4n) is 2.55. The zero-order valence-corrected chi connectivity index (χ0v) is 12.8. The molecule has 0 spiro atoms. The van der Waals surface area contributed by atoms with Crippen molar-refractivity contribution in [3.05, 3.63) is 17.3 Å². The van der Waals surface area contributed by atoms with Gasteiger partial charge in [0.25, 0.3) is 0 Å². The molecule has 1 aromatic heterocycles. The number of rotatable bonds is 4. The Morgan fingerprint density at radius 1 is 1.52 bits per heavy atom. The largest absolute Gasteiger partial charge is 0.469 e. The van der Waals surface area contributed by atoms with Gasteiger partial charge in [-0.25, -0.2) is 0 Å². The van der Waals surface area contributed by atoms with Crippen molar-refractivity contribution in [3.63, 3.8) is 0 Å². The fraction of sp³-hybridized carbons (Fsp3) is 0.643. The zero-order chi connectivity index (χ0) is 17.2. The second-order valence-corrected chi connectivity index (χ2v) is 5.56. The molecule has 1 aromatic rings. The molecule has 1 fully saturated rings. The molecule has 23 heavy (non-hydrogen) atoms. The maximum absolute atomic E-state index is 13.3. The Labute approximate surface area is 131 Å². The summed E-state index contributed by atoms with van der Waals surface area (Å²) in [6, 6.07) is 0.828. The third kappa shape index (κ3) is 4.10. The Hall–Kier alpha value is -1.90. The van der Waals surface area contributed by atoms with Crippen LogP contribution >= 0.6 is 0 Å². The van der Waals surface area contributed by atoms with Gasteiger partial charge in [0, 0.05) is 19.0 Å². The number of hydrogen-bond donors (Lipinski definition) is 1. The minimum Gasteiger partial charge on any atom is -0.469 e. The van der Waals surface area contributed by atoms with E-state index in [1.54, 1.807) is 6.92 Å². The van der Waals surface area contributed by atoms with Crippen molar-refractivity contribution >= 4 is 11.8 Å². The summed E-state index contributed by atoms with van der Waals surface area (Å²) in [7, 11) is 1.15. The molecule has 0 bridgehead atoms. The van der Waals surface area contributed by atoms with Crippen molar-refractivity contribution in [2.24, 2.45) is 5.92 Å². The fourth-order valence-corrected chi connectivity index (χ4v) is 2.55. The standard InChI is InChI=1S/C14H18F3N3O3/c1-8(21)9-3-4-20(7-9)13-11(14(15,16)17)5-10(18-19-13)6-12(22)23-2/h5,8-9,21H,3-4,6-7H2,1-2H3. The van der Waals surface area contributed by atoms with Crippen LogP contribution in [-0.4, -0.2) is 47.6 Å². The van der Waals surface area contributed by atoms with Crippen molar-refractivity contribution in [2.45, 2.75) is 32.0 Å². The zero-order valence-electron chi connectivity index (χ0n) is 12.8. The highest BCUT2D eigenvalue weighted by molar-refractivity contribution is 5.72. The van der Waals surface area contributed by atoms with Gasteiger partial charge in [-0.05, 0) is 19.4 Å². The number of aliphatic hydroxyl groups is 1. The number of carbonyl (C=O) groups excluding carboxylic acids is 1. The number of methoxy groups -OCH3 is 1. The number of aliphatic hydroxyl groups excluding tert-OH is 1. The molecular weight excluding hydrogens is 315 g/mol. The van der Waals surface area contributed by atoms with E-state index in [-0.39, 0.29) is 30.4 Å². The average Bonchev–Trinajstić information content (AvgIpc) is 2.96. The second kappa shape index (κ2) is 6.69. The van der Waals surface area contributed by atoms with Crippen LogP contribution in [0.3, 0.4) is 0 Å². The Balaban J connectivity index is 2.31. The van der Waals surface area contributed by atoms with Crippen molar-refractivity contribution in [1.82, 2.24) is 10.2 Å². The smallest absolute Gasteiger partial charge is 0.420 e. The summed E-state index contributed by atoms with van der Waals surface area (Å²) in [6.45, 7) is 2.26. The summed E-state index contributed by atoms with van der Waals surface area (Å²) >= 11 is 0. The number of nitrogens with zero attached hydrogens (tertiary/aromatic N) is 3. The summed E-state index contributed by atoms with van der Waals surface area (Å²) in [5.74, 6) is -1.06. The topological polar surface area (TPSA) is 75.5 Å². The molecular formula is C14H18F3N3O3. The summed E-state index contributed by atoms with van der Waals surface area (Å²) in [6.07, 6.45) is -5.00. The lowest BCUT2D eigenvalue weighted by Crippen LogP contribution is -2.27. The Bertz CT molecular complexity index is 578. The lowest BCUT2D eigenvalue weighted by Gasteiger charge is -2.22. The van der Waals surface area contributed by atoms with E-state index >= 15 is 0 Å². The third-order valence-electron chi connectivity index (χ3n) is 3.89. The van der Waals surface area contributed by atoms with Gasteiger partial charge in [0.1, 0.15) is 5.56 Å². The van der Waals surface area contributed by atoms with Crippen LogP contribution in [0.2, 0.25) is 0 Å². The predicted octanol–water partition coefficient (Wildman–Crippen LogP) is 1.42. The molecule has 2 rings (SSSR count). The summed E-state index contributed by atoms with van der Waals surface area (Å²) in [4.78, 5) is 12.7. The van der Waals surface area contributed by atoms with Gasteiger partial charge in [-0.15, -0.1) is 5.10 Å². The highest BCUT2D eigenvalue weighted by Crippen LogP contribution is 2.37. The quantitative estimate of drug-likeness (QED) is 0.840. The highest BCUT2D eigenvalue weighted by atomic mass is 19.4. The van der Waals surface area contributed by atoms with E-state index in [9.17, 15) is 23.1 Å². The lowest BCUT2D eigenvalue weighted by atomic mass is 10.0. The van der Waals surface area contributed by atoms with Gasteiger partial charge in [-0.2, -0.15) is 18.3 Å². The minimum atomic E-state index is -4.61. The van der Waals surface area contributed by atoms with Gasteiger partial charge in [0.2, 0.25) is 0 Å². The van der Waals surface area contributed by atoms with Crippen molar-refractivity contribution in [2.75, 3.05) is 25.1 Å². The lowest BCUT2D eigenvalue weighted by molar-refractivity contribution is -0.140. The van der Waals surface area contributed by atoms with Crippen LogP contribution < -0.4 is 4.90 Å². The average molecular weight is 333 g/mol. The normalized spacial score (nSPS) is 19.7. The Morgan fingerprint density at radius 2 is 2.22 bits per heavy atom. The van der Waals surface area contributed by atoms with Crippen LogP contribution in [0.5, 0.6) is 0 Å². The number of ether oxygens (including phenoxy) is 1. The summed E-state index contributed by atoms with van der Waals surface area (Å²) in [5.41, 5.74) is -1.03. The Kier molecular flexibility index (Phi) is 5.08. The number of carbonyl (C=O) groups is 1. The van der Waals surface area contributed by atoms with Gasteiger partial charge in [-0.1, -0.05) is 0 Å². The Morgan fingerprint density at radius 3 is 2.74 bits per heavy atom. The van der Waals surface area contributed by atoms with Crippen LogP contribution in [0.4, 0.5) is 19.0 Å². The van der Waals surface area contributed by atoms with Crippen molar-refractivity contribution < 1.29 is 27.8 Å². The summed E-state index contributed by atoms with van der Waals surface area (Å²) < 4.78 is 44.3. The first-order valence-corrected chi connectivity index (χ1v) is 7.16. The van der Waals surface area contributed by atoms with Crippen LogP contribution in [0.1, 0.15) is 24.6 Å². The molecule has 128 valence electrons. The molecule has 9 heteroatoms. The number of esters is 1. The molecule has 1 N–H and O–H groups in total. The molecule has 0 amide bonds. The number of aromatic nitrogens is 2. The minimum absolute atomic E-state index is 0.0980. The molecule has 2 atom stereocenters. The van der Waals surface area contributed by atoms with Crippen LogP contribution in [-0.2, 0) is 22.1 Å². The molecule has 0 saturated carbocycles. The number of anilines is 1. The molecule has 0 aromatic carbocycles. The molecule has 0 radical (unpaired) electrons. The second-order valence-electron chi connectivity index (χ2n) is 5.56. The van der Waals surface area contributed by atoms with Crippen molar-refractivity contribution in [1.29, 1.82) is 0 Å². The first kappa shape index (κ1) is 17.5. The molecule has 2 unspecified atom stereocenters. The molecule has 0 aliphatic carbocycles. The van der Waals surface area contributed by atoms with E-state index in [2.05, 4.69) is 14.9 Å². The van der Waals surface area contributed by atoms with Crippen molar-refractivity contribution in [3.8, 4) is 0 Å². The van der Waals surface area contributed by atoms with E-state index in [1.807, 2.05) is 0 Å². The first-order valence-electron chi connectivity index (χ1n) is 7.16. The predicted molar refractivity (Wildman–Crippen MR) is 74.8 cm³/mol. The van der Waals surface area contributed by atoms with Gasteiger partial charge in [0.05, 0.1) is 25.3 Å². The maximum atomic E-state index is 13.3. The van der Waals surface area contributed by atoms with Crippen LogP contribution in [0.15, 0.2) is 6.07 Å². The summed E-state index contributed by atoms with van der Waals surface area (Å²) in [5, 5.41) is 17.0. The van der Waals surface area contributed by atoms with Gasteiger partial charge < -0.3 is 14.7 Å². The van der Waals surface area contributed by atoms with Gasteiger partial charge in [0.15, 0.2) is 5.82 Å².